The van der Waals surface area contributed by atoms with Gasteiger partial charge in [0.1, 0.15) is 28.8 Å². The van der Waals surface area contributed by atoms with E-state index in [9.17, 15) is 8.78 Å². The van der Waals surface area contributed by atoms with Crippen molar-refractivity contribution in [3.63, 3.8) is 0 Å². The molecule has 0 amide bonds. The summed E-state index contributed by atoms with van der Waals surface area (Å²) in [7, 11) is -1.59. The first-order chi connectivity index (χ1) is 28.6. The summed E-state index contributed by atoms with van der Waals surface area (Å²) >= 11 is 0. The van der Waals surface area contributed by atoms with Crippen molar-refractivity contribution >= 4 is 47.7 Å². The molecule has 1 radical (unpaired) electrons. The molecular formula is C49H36CuF2N4OP2+2. The van der Waals surface area contributed by atoms with Gasteiger partial charge < -0.3 is 4.74 Å². The molecule has 1 N–H and O–H groups in total. The van der Waals surface area contributed by atoms with Gasteiger partial charge in [0.25, 0.3) is 0 Å². The molecule has 0 atom stereocenters. The zero-order valence-corrected chi connectivity index (χ0v) is 34.1. The average molecular weight is 860 g/mol. The molecule has 0 unspecified atom stereocenters. The molecule has 2 heterocycles. The van der Waals surface area contributed by atoms with Crippen molar-refractivity contribution in [3.8, 4) is 34.4 Å². The zero-order chi connectivity index (χ0) is 39.5. The van der Waals surface area contributed by atoms with E-state index in [0.717, 1.165) is 17.6 Å². The minimum absolute atomic E-state index is 0. The normalized spacial score (nSPS) is 10.7. The Kier molecular flexibility index (Phi) is 13.9. The monoisotopic (exact) mass is 859 g/mol. The average Bonchev–Trinajstić information content (AvgIpc) is 3.78. The Morgan fingerprint density at radius 2 is 0.864 bits per heavy atom. The van der Waals surface area contributed by atoms with Gasteiger partial charge >= 0.3 is 17.1 Å². The third-order valence-electron chi connectivity index (χ3n) is 9.00. The minimum Gasteiger partial charge on any atom is -0.456 e. The smallest absolute Gasteiger partial charge is 0.456 e. The largest absolute Gasteiger partial charge is 2.00 e. The van der Waals surface area contributed by atoms with Gasteiger partial charge in [0.05, 0.1) is 0 Å². The molecular weight excluding hydrogens is 824 g/mol. The fourth-order valence-electron chi connectivity index (χ4n) is 6.43. The number of aromatic nitrogens is 4. The number of halogens is 2. The van der Waals surface area contributed by atoms with Gasteiger partial charge in [-0.1, -0.05) is 164 Å². The quantitative estimate of drug-likeness (QED) is 0.110. The molecule has 0 saturated heterocycles. The second kappa shape index (κ2) is 20.0. The van der Waals surface area contributed by atoms with Crippen LogP contribution in [0.25, 0.3) is 22.9 Å². The topological polar surface area (TPSA) is 63.7 Å². The minimum atomic E-state index is -0.795. The number of pyridine rings is 1. The van der Waals surface area contributed by atoms with Gasteiger partial charge in [-0.15, -0.1) is 0 Å². The van der Waals surface area contributed by atoms with Crippen LogP contribution < -0.4 is 36.6 Å². The second-order valence-corrected chi connectivity index (χ2v) is 17.3. The maximum Gasteiger partial charge on any atom is 2.00 e. The van der Waals surface area contributed by atoms with Gasteiger partial charge in [-0.25, -0.2) is 13.8 Å². The van der Waals surface area contributed by atoms with E-state index in [2.05, 4.69) is 190 Å². The van der Waals surface area contributed by atoms with Crippen molar-refractivity contribution in [2.45, 2.75) is 0 Å². The van der Waals surface area contributed by atoms with Gasteiger partial charge in [-0.2, -0.15) is 5.10 Å². The van der Waals surface area contributed by atoms with Gasteiger partial charge in [0.2, 0.25) is 0 Å². The molecule has 7 aromatic carbocycles. The van der Waals surface area contributed by atoms with Crippen molar-refractivity contribution in [2.75, 3.05) is 0 Å². The van der Waals surface area contributed by atoms with E-state index in [-0.39, 0.29) is 28.5 Å². The SMILES string of the molecule is Fc1cc(F)cc(-c2n[nH]c(-c3ccccn3)n2)c1.[Cu+2].c1ccc(P(c2ccccc2)c2ccccc2Oc2ccccc2P(c2ccccc2)c2ccccc2)cc1. The number of benzene rings is 7. The van der Waals surface area contributed by atoms with Crippen LogP contribution in [-0.2, 0) is 17.1 Å². The van der Waals surface area contributed by atoms with E-state index in [1.165, 1.54) is 44.0 Å². The number of para-hydroxylation sites is 2. The van der Waals surface area contributed by atoms with Crippen LogP contribution in [0.15, 0.2) is 212 Å². The van der Waals surface area contributed by atoms with Crippen LogP contribution in [0.5, 0.6) is 11.5 Å². The molecule has 0 saturated carbocycles. The summed E-state index contributed by atoms with van der Waals surface area (Å²) in [5.74, 6) is 1.14. The fourth-order valence-corrected chi connectivity index (χ4v) is 11.2. The molecule has 0 spiro atoms. The fraction of sp³-hybridized carbons (Fsp3) is 0. The third-order valence-corrected chi connectivity index (χ3v) is 14.0. The summed E-state index contributed by atoms with van der Waals surface area (Å²) in [6, 6.07) is 68.7. The van der Waals surface area contributed by atoms with E-state index in [4.69, 9.17) is 4.74 Å². The van der Waals surface area contributed by atoms with Crippen LogP contribution in [0, 0.1) is 11.6 Å². The molecule has 291 valence electrons. The standard InChI is InChI=1S/C36H28OP2.C13H8F2N4.Cu/c1-5-17-29(18-6-1)38(30-19-7-2-8-20-30)35-27-15-13-25-33(35)37-34-26-14-16-28-36(34)39(31-21-9-3-10-22-31)32-23-11-4-12-24-32;14-9-5-8(6-10(15)7-9)12-17-13(19-18-12)11-3-1-2-4-16-11;/h1-28H;1-7H,(H,17,18,19);/q;;+2. The number of hydrogen-bond acceptors (Lipinski definition) is 4. The summed E-state index contributed by atoms with van der Waals surface area (Å²) in [5.41, 5.74) is 0.883. The van der Waals surface area contributed by atoms with Gasteiger partial charge in [0.15, 0.2) is 11.6 Å². The molecule has 5 nitrogen and oxygen atoms in total. The summed E-state index contributed by atoms with van der Waals surface area (Å²) in [4.78, 5) is 8.28. The molecule has 9 aromatic rings. The zero-order valence-electron chi connectivity index (χ0n) is 31.4. The molecule has 9 rings (SSSR count). The van der Waals surface area contributed by atoms with Crippen molar-refractivity contribution in [3.05, 3.63) is 224 Å². The number of ether oxygens (including phenoxy) is 1. The van der Waals surface area contributed by atoms with Crippen LogP contribution in [-0.4, -0.2) is 20.2 Å². The van der Waals surface area contributed by atoms with Crippen molar-refractivity contribution < 1.29 is 30.6 Å². The number of nitrogens with one attached hydrogen (secondary N) is 1. The predicted octanol–water partition coefficient (Wildman–Crippen LogP) is 9.80. The Morgan fingerprint density at radius 1 is 0.458 bits per heavy atom. The van der Waals surface area contributed by atoms with Crippen LogP contribution >= 0.6 is 15.8 Å². The number of nitrogens with zero attached hydrogens (tertiary/aromatic N) is 3. The Balaban J connectivity index is 0.000000221. The van der Waals surface area contributed by atoms with Crippen molar-refractivity contribution in [1.82, 2.24) is 20.2 Å². The van der Waals surface area contributed by atoms with Crippen LogP contribution in [0.1, 0.15) is 0 Å². The second-order valence-electron chi connectivity index (χ2n) is 12.9. The van der Waals surface area contributed by atoms with Crippen LogP contribution in [0.4, 0.5) is 8.78 Å². The molecule has 0 aliphatic rings. The van der Waals surface area contributed by atoms with Gasteiger partial charge in [0, 0.05) is 28.4 Å². The molecule has 59 heavy (non-hydrogen) atoms. The first-order valence-corrected chi connectivity index (χ1v) is 21.3. The first-order valence-electron chi connectivity index (χ1n) is 18.6. The van der Waals surface area contributed by atoms with E-state index in [1.807, 2.05) is 6.07 Å². The Labute approximate surface area is 355 Å². The molecule has 0 aliphatic carbocycles. The van der Waals surface area contributed by atoms with E-state index in [0.29, 0.717) is 11.5 Å². The number of hydrogen-bond donors (Lipinski definition) is 1. The number of aromatic amines is 1. The van der Waals surface area contributed by atoms with Gasteiger partial charge in [-0.3, -0.25) is 10.1 Å². The maximum absolute atomic E-state index is 13.1. The Hall–Kier alpha value is -6.13. The molecule has 0 bridgehead atoms. The summed E-state index contributed by atoms with van der Waals surface area (Å²) in [6.07, 6.45) is 1.62. The molecule has 0 fully saturated rings. The van der Waals surface area contributed by atoms with Crippen molar-refractivity contribution in [2.24, 2.45) is 0 Å². The first kappa shape index (κ1) is 41.0. The van der Waals surface area contributed by atoms with E-state index >= 15 is 0 Å². The van der Waals surface area contributed by atoms with Crippen LogP contribution in [0.3, 0.4) is 0 Å². The molecule has 0 aliphatic heterocycles. The number of H-pyrrole nitrogens is 1. The third kappa shape index (κ3) is 10.1. The van der Waals surface area contributed by atoms with E-state index in [1.54, 1.807) is 18.3 Å². The summed E-state index contributed by atoms with van der Waals surface area (Å²) < 4.78 is 33.2. The Morgan fingerprint density at radius 3 is 1.29 bits per heavy atom. The number of rotatable bonds is 10. The van der Waals surface area contributed by atoms with Gasteiger partial charge in [-0.05, 0) is 73.5 Å². The van der Waals surface area contributed by atoms with Crippen LogP contribution in [0.2, 0.25) is 0 Å². The van der Waals surface area contributed by atoms with E-state index < -0.39 is 27.5 Å². The molecule has 10 heteroatoms. The predicted molar refractivity (Wildman–Crippen MR) is 235 cm³/mol. The van der Waals surface area contributed by atoms with Crippen molar-refractivity contribution in [1.29, 1.82) is 0 Å². The Bertz CT molecular complexity index is 2470. The molecule has 2 aromatic heterocycles. The summed E-state index contributed by atoms with van der Waals surface area (Å²) in [5, 5.41) is 14.3. The maximum atomic E-state index is 13.1. The summed E-state index contributed by atoms with van der Waals surface area (Å²) in [6.45, 7) is 0.